The number of hydrogen-bond acceptors (Lipinski definition) is 3. The maximum absolute atomic E-state index is 13.0. The number of benzene rings is 1. The molecule has 1 aliphatic heterocycles. The molecule has 1 saturated carbocycles. The van der Waals surface area contributed by atoms with E-state index in [1.165, 1.54) is 19.3 Å². The summed E-state index contributed by atoms with van der Waals surface area (Å²) in [7, 11) is 0. The van der Waals surface area contributed by atoms with Gasteiger partial charge in [-0.2, -0.15) is 0 Å². The van der Waals surface area contributed by atoms with E-state index in [1.807, 2.05) is 40.7 Å². The van der Waals surface area contributed by atoms with E-state index in [-0.39, 0.29) is 11.6 Å². The minimum atomic E-state index is 0.0601. The van der Waals surface area contributed by atoms with Crippen LogP contribution in [0.1, 0.15) is 57.7 Å². The van der Waals surface area contributed by atoms with Crippen molar-refractivity contribution < 1.29 is 4.79 Å². The first kappa shape index (κ1) is 19.9. The van der Waals surface area contributed by atoms with Gasteiger partial charge in [-0.25, -0.2) is 9.78 Å². The van der Waals surface area contributed by atoms with Gasteiger partial charge in [0.1, 0.15) is 5.82 Å². The topological polar surface area (TPSA) is 67.2 Å². The van der Waals surface area contributed by atoms with Crippen LogP contribution in [0.5, 0.6) is 0 Å². The van der Waals surface area contributed by atoms with Gasteiger partial charge >= 0.3 is 6.03 Å². The fourth-order valence-corrected chi connectivity index (χ4v) is 4.76. The van der Waals surface area contributed by atoms with E-state index in [1.54, 1.807) is 0 Å². The molecule has 4 rings (SSSR count). The van der Waals surface area contributed by atoms with Crippen molar-refractivity contribution in [3.8, 4) is 0 Å². The van der Waals surface area contributed by atoms with E-state index in [0.29, 0.717) is 23.9 Å². The molecule has 1 aliphatic carbocycles. The molecule has 29 heavy (non-hydrogen) atoms. The molecule has 2 amide bonds. The van der Waals surface area contributed by atoms with Gasteiger partial charge in [0.05, 0.1) is 10.9 Å². The highest BCUT2D eigenvalue weighted by Gasteiger charge is 2.26. The molecular formula is C23H32N4O2. The average Bonchev–Trinajstić information content (AvgIpc) is 2.76. The highest BCUT2D eigenvalue weighted by atomic mass is 16.2. The molecule has 0 radical (unpaired) electrons. The summed E-state index contributed by atoms with van der Waals surface area (Å²) in [5, 5.41) is 3.91. The Morgan fingerprint density at radius 3 is 2.55 bits per heavy atom. The van der Waals surface area contributed by atoms with Crippen LogP contribution in [-0.4, -0.2) is 39.6 Å². The van der Waals surface area contributed by atoms with Crippen LogP contribution in [0.4, 0.5) is 4.79 Å². The Hall–Kier alpha value is -2.37. The zero-order valence-corrected chi connectivity index (χ0v) is 17.4. The van der Waals surface area contributed by atoms with Crippen LogP contribution in [0, 0.1) is 5.92 Å². The van der Waals surface area contributed by atoms with Crippen LogP contribution in [0.2, 0.25) is 0 Å². The van der Waals surface area contributed by atoms with Gasteiger partial charge in [0.15, 0.2) is 0 Å². The van der Waals surface area contributed by atoms with Crippen LogP contribution < -0.4 is 10.9 Å². The van der Waals surface area contributed by atoms with Gasteiger partial charge in [-0.15, -0.1) is 0 Å². The summed E-state index contributed by atoms with van der Waals surface area (Å²) < 4.78 is 1.87. The lowest BCUT2D eigenvalue weighted by molar-refractivity contribution is 0.159. The van der Waals surface area contributed by atoms with Gasteiger partial charge in [0.25, 0.3) is 5.56 Å². The van der Waals surface area contributed by atoms with E-state index in [0.717, 1.165) is 56.5 Å². The first-order chi connectivity index (χ1) is 14.2. The van der Waals surface area contributed by atoms with Crippen molar-refractivity contribution in [3.63, 3.8) is 0 Å². The van der Waals surface area contributed by atoms with Crippen molar-refractivity contribution in [2.75, 3.05) is 13.1 Å². The second-order valence-electron chi connectivity index (χ2n) is 8.53. The lowest BCUT2D eigenvalue weighted by Crippen LogP contribution is -2.48. The monoisotopic (exact) mass is 396 g/mol. The van der Waals surface area contributed by atoms with Crippen molar-refractivity contribution in [1.29, 1.82) is 0 Å². The van der Waals surface area contributed by atoms with Crippen LogP contribution in [0.25, 0.3) is 10.9 Å². The lowest BCUT2D eigenvalue weighted by Gasteiger charge is -2.34. The molecule has 2 fully saturated rings. The van der Waals surface area contributed by atoms with Gasteiger partial charge in [-0.05, 0) is 43.7 Å². The molecule has 1 aromatic heterocycles. The summed E-state index contributed by atoms with van der Waals surface area (Å²) in [5.41, 5.74) is 0.838. The Kier molecular flexibility index (Phi) is 6.16. The Morgan fingerprint density at radius 1 is 1.10 bits per heavy atom. The number of carbonyl (C=O) groups excluding carboxylic acids is 1. The SMILES string of the molecule is CCc1nc2ccccc2c(=O)n1CC1CCN(C(=O)NC2CCCCC2)CC1. The van der Waals surface area contributed by atoms with Crippen LogP contribution in [-0.2, 0) is 13.0 Å². The van der Waals surface area contributed by atoms with Crippen molar-refractivity contribution >= 4 is 16.9 Å². The summed E-state index contributed by atoms with van der Waals surface area (Å²) in [6.45, 7) is 4.27. The number of piperidine rings is 1. The van der Waals surface area contributed by atoms with Crippen LogP contribution in [0.15, 0.2) is 29.1 Å². The fraction of sp³-hybridized carbons (Fsp3) is 0.609. The van der Waals surface area contributed by atoms with Crippen molar-refractivity contribution in [3.05, 3.63) is 40.4 Å². The predicted octanol–water partition coefficient (Wildman–Crippen LogP) is 3.71. The lowest BCUT2D eigenvalue weighted by atomic mass is 9.95. The predicted molar refractivity (Wildman–Crippen MR) is 115 cm³/mol. The Labute approximate surface area is 172 Å². The molecule has 6 nitrogen and oxygen atoms in total. The molecular weight excluding hydrogens is 364 g/mol. The molecule has 0 atom stereocenters. The zero-order valence-electron chi connectivity index (χ0n) is 17.4. The van der Waals surface area contributed by atoms with E-state index in [2.05, 4.69) is 5.32 Å². The quantitative estimate of drug-likeness (QED) is 0.857. The molecule has 2 aromatic rings. The number of likely N-dealkylation sites (tertiary alicyclic amines) is 1. The maximum atomic E-state index is 13.0. The number of fused-ring (bicyclic) bond motifs is 1. The van der Waals surface area contributed by atoms with Gasteiger partial charge in [0.2, 0.25) is 0 Å². The number of rotatable bonds is 4. The van der Waals surface area contributed by atoms with Gasteiger partial charge < -0.3 is 10.2 Å². The third-order valence-corrected chi connectivity index (χ3v) is 6.53. The van der Waals surface area contributed by atoms with Gasteiger partial charge in [-0.1, -0.05) is 38.3 Å². The molecule has 1 N–H and O–H groups in total. The summed E-state index contributed by atoms with van der Waals surface area (Å²) >= 11 is 0. The molecule has 1 saturated heterocycles. The van der Waals surface area contributed by atoms with Gasteiger partial charge in [0, 0.05) is 32.1 Å². The standard InChI is InChI=1S/C23H32N4O2/c1-2-21-25-20-11-7-6-10-19(20)22(28)27(21)16-17-12-14-26(15-13-17)23(29)24-18-8-4-3-5-9-18/h6-7,10-11,17-18H,2-5,8-9,12-16H2,1H3,(H,24,29). The molecule has 0 unspecified atom stereocenters. The van der Waals surface area contributed by atoms with Crippen molar-refractivity contribution in [2.45, 2.75) is 70.9 Å². The third-order valence-electron chi connectivity index (χ3n) is 6.53. The first-order valence-corrected chi connectivity index (χ1v) is 11.2. The number of aryl methyl sites for hydroxylation is 1. The molecule has 0 spiro atoms. The van der Waals surface area contributed by atoms with Crippen molar-refractivity contribution in [2.24, 2.45) is 5.92 Å². The van der Waals surface area contributed by atoms with E-state index >= 15 is 0 Å². The normalized spacial score (nSPS) is 18.9. The molecule has 156 valence electrons. The number of para-hydroxylation sites is 1. The largest absolute Gasteiger partial charge is 0.335 e. The third kappa shape index (κ3) is 4.46. The number of aromatic nitrogens is 2. The maximum Gasteiger partial charge on any atom is 0.317 e. The second kappa shape index (κ2) is 8.97. The highest BCUT2D eigenvalue weighted by molar-refractivity contribution is 5.77. The number of amides is 2. The average molecular weight is 397 g/mol. The molecule has 1 aromatic carbocycles. The van der Waals surface area contributed by atoms with Crippen LogP contribution >= 0.6 is 0 Å². The molecule has 6 heteroatoms. The number of urea groups is 1. The summed E-state index contributed by atoms with van der Waals surface area (Å²) in [6, 6.07) is 8.03. The van der Waals surface area contributed by atoms with E-state index < -0.39 is 0 Å². The smallest absolute Gasteiger partial charge is 0.317 e. The molecule has 2 heterocycles. The van der Waals surface area contributed by atoms with Crippen molar-refractivity contribution in [1.82, 2.24) is 19.8 Å². The Morgan fingerprint density at radius 2 is 1.83 bits per heavy atom. The summed E-state index contributed by atoms with van der Waals surface area (Å²) in [5.74, 6) is 1.26. The minimum absolute atomic E-state index is 0.0601. The van der Waals surface area contributed by atoms with E-state index in [9.17, 15) is 9.59 Å². The Balaban J connectivity index is 1.39. The zero-order chi connectivity index (χ0) is 20.2. The fourth-order valence-electron chi connectivity index (χ4n) is 4.76. The summed E-state index contributed by atoms with van der Waals surface area (Å²) in [6.07, 6.45) is 8.56. The van der Waals surface area contributed by atoms with Crippen LogP contribution in [0.3, 0.4) is 0 Å². The first-order valence-electron chi connectivity index (χ1n) is 11.2. The molecule has 0 bridgehead atoms. The van der Waals surface area contributed by atoms with E-state index in [4.69, 9.17) is 4.98 Å². The summed E-state index contributed by atoms with van der Waals surface area (Å²) in [4.78, 5) is 32.3. The minimum Gasteiger partial charge on any atom is -0.335 e. The number of nitrogens with zero attached hydrogens (tertiary/aromatic N) is 3. The van der Waals surface area contributed by atoms with Gasteiger partial charge in [-0.3, -0.25) is 9.36 Å². The number of carbonyl (C=O) groups is 1. The number of nitrogens with one attached hydrogen (secondary N) is 1. The number of hydrogen-bond donors (Lipinski definition) is 1. The highest BCUT2D eigenvalue weighted by Crippen LogP contribution is 2.22. The Bertz CT molecular complexity index is 909. The molecule has 2 aliphatic rings. The second-order valence-corrected chi connectivity index (χ2v) is 8.53.